The van der Waals surface area contributed by atoms with Crippen LogP contribution in [-0.2, 0) is 0 Å². The Kier molecular flexibility index (Phi) is 4.99. The van der Waals surface area contributed by atoms with Gasteiger partial charge in [-0.1, -0.05) is 70.2 Å². The number of rotatable bonds is 4. The summed E-state index contributed by atoms with van der Waals surface area (Å²) < 4.78 is 8.76. The molecule has 0 saturated heterocycles. The number of benzene rings is 3. The summed E-state index contributed by atoms with van der Waals surface area (Å²) in [6, 6.07) is 23.4. The second kappa shape index (κ2) is 8.09. The molecule has 4 heteroatoms. The zero-order chi connectivity index (χ0) is 24.3. The molecule has 0 radical (unpaired) electrons. The van der Waals surface area contributed by atoms with Crippen LogP contribution in [0, 0.1) is 6.92 Å². The average Bonchev–Trinajstić information content (AvgIpc) is 3.41. The molecular weight excluding hydrogens is 430 g/mol. The van der Waals surface area contributed by atoms with Crippen molar-refractivity contribution < 1.29 is 4.42 Å². The lowest BCUT2D eigenvalue weighted by molar-refractivity contribution is 0.654. The van der Waals surface area contributed by atoms with Gasteiger partial charge in [-0.3, -0.25) is 4.57 Å². The van der Waals surface area contributed by atoms with Gasteiger partial charge in [-0.05, 0) is 59.7 Å². The number of hydrogen-bond donors (Lipinski definition) is 0. The third-order valence-corrected chi connectivity index (χ3v) is 6.98. The highest BCUT2D eigenvalue weighted by Crippen LogP contribution is 2.41. The Morgan fingerprint density at radius 1 is 0.771 bits per heavy atom. The van der Waals surface area contributed by atoms with Gasteiger partial charge >= 0.3 is 0 Å². The van der Waals surface area contributed by atoms with Crippen LogP contribution < -0.4 is 0 Å². The van der Waals surface area contributed by atoms with Crippen LogP contribution in [0.3, 0.4) is 0 Å². The molecule has 6 rings (SSSR count). The largest absolute Gasteiger partial charge is 0.437 e. The van der Waals surface area contributed by atoms with E-state index >= 15 is 0 Å². The zero-order valence-corrected chi connectivity index (χ0v) is 20.8. The lowest BCUT2D eigenvalue weighted by Crippen LogP contribution is -2.09. The molecule has 0 amide bonds. The molecule has 0 N–H and O–H groups in total. The molecule has 6 aromatic rings. The van der Waals surface area contributed by atoms with E-state index in [1.807, 2.05) is 6.07 Å². The molecule has 4 nitrogen and oxygen atoms in total. The number of furan rings is 1. The van der Waals surface area contributed by atoms with Gasteiger partial charge in [0.1, 0.15) is 11.4 Å². The minimum atomic E-state index is 0.366. The summed E-state index contributed by atoms with van der Waals surface area (Å²) in [5.74, 6) is 1.64. The second-order valence-corrected chi connectivity index (χ2v) is 9.95. The highest BCUT2D eigenvalue weighted by Gasteiger charge is 2.25. The fourth-order valence-electron chi connectivity index (χ4n) is 5.24. The van der Waals surface area contributed by atoms with E-state index in [0.717, 1.165) is 44.3 Å². The van der Waals surface area contributed by atoms with E-state index < -0.39 is 0 Å². The van der Waals surface area contributed by atoms with Gasteiger partial charge < -0.3 is 4.42 Å². The van der Waals surface area contributed by atoms with E-state index in [1.54, 1.807) is 6.20 Å². The summed E-state index contributed by atoms with van der Waals surface area (Å²) in [6.45, 7) is 11.2. The molecule has 0 aliphatic heterocycles. The minimum Gasteiger partial charge on any atom is -0.437 e. The molecule has 0 bridgehead atoms. The maximum atomic E-state index is 6.40. The Morgan fingerprint density at radius 2 is 1.51 bits per heavy atom. The first-order chi connectivity index (χ1) is 17.0. The first kappa shape index (κ1) is 21.6. The molecule has 3 aromatic carbocycles. The van der Waals surface area contributed by atoms with Gasteiger partial charge in [0.15, 0.2) is 0 Å². The number of aryl methyl sites for hydroxylation is 1. The molecule has 0 atom stereocenters. The van der Waals surface area contributed by atoms with Gasteiger partial charge in [0, 0.05) is 17.0 Å². The Bertz CT molecular complexity index is 1690. The molecule has 0 saturated carbocycles. The van der Waals surface area contributed by atoms with Crippen molar-refractivity contribution in [1.82, 2.24) is 14.5 Å². The van der Waals surface area contributed by atoms with Crippen LogP contribution in [0.2, 0.25) is 0 Å². The highest BCUT2D eigenvalue weighted by atomic mass is 16.3. The van der Waals surface area contributed by atoms with Gasteiger partial charge in [-0.25, -0.2) is 9.97 Å². The SMILES string of the molecule is Cc1ccc2c(oc3ncccc32)c1-c1nc2ccccc2n1-c1c(C(C)C)cccc1C(C)C. The highest BCUT2D eigenvalue weighted by molar-refractivity contribution is 6.09. The topological polar surface area (TPSA) is 43.9 Å². The number of fused-ring (bicyclic) bond motifs is 4. The van der Waals surface area contributed by atoms with Crippen molar-refractivity contribution in [3.63, 3.8) is 0 Å². The summed E-state index contributed by atoms with van der Waals surface area (Å²) in [7, 11) is 0. The summed E-state index contributed by atoms with van der Waals surface area (Å²) in [4.78, 5) is 9.71. The van der Waals surface area contributed by atoms with Crippen LogP contribution in [-0.4, -0.2) is 14.5 Å². The van der Waals surface area contributed by atoms with Crippen molar-refractivity contribution in [3.8, 4) is 17.1 Å². The van der Waals surface area contributed by atoms with Gasteiger partial charge in [-0.15, -0.1) is 0 Å². The molecule has 3 heterocycles. The number of hydrogen-bond acceptors (Lipinski definition) is 3. The summed E-state index contributed by atoms with van der Waals surface area (Å²) >= 11 is 0. The van der Waals surface area contributed by atoms with Crippen LogP contribution in [0.4, 0.5) is 0 Å². The van der Waals surface area contributed by atoms with Crippen molar-refractivity contribution >= 4 is 33.1 Å². The Hall–Kier alpha value is -3.92. The van der Waals surface area contributed by atoms with Crippen molar-refractivity contribution in [2.24, 2.45) is 0 Å². The van der Waals surface area contributed by atoms with Gasteiger partial charge in [0.05, 0.1) is 22.3 Å². The molecule has 174 valence electrons. The van der Waals surface area contributed by atoms with Crippen molar-refractivity contribution in [2.75, 3.05) is 0 Å². The smallest absolute Gasteiger partial charge is 0.227 e. The molecule has 0 fully saturated rings. The van der Waals surface area contributed by atoms with Gasteiger partial charge in [0.25, 0.3) is 0 Å². The number of nitrogens with zero attached hydrogens (tertiary/aromatic N) is 3. The van der Waals surface area contributed by atoms with Crippen LogP contribution in [0.1, 0.15) is 56.2 Å². The van der Waals surface area contributed by atoms with Crippen LogP contribution >= 0.6 is 0 Å². The van der Waals surface area contributed by atoms with E-state index in [0.29, 0.717) is 17.5 Å². The van der Waals surface area contributed by atoms with E-state index in [4.69, 9.17) is 9.40 Å². The first-order valence-corrected chi connectivity index (χ1v) is 12.3. The second-order valence-electron chi connectivity index (χ2n) is 9.95. The first-order valence-electron chi connectivity index (χ1n) is 12.3. The number of para-hydroxylation sites is 3. The van der Waals surface area contributed by atoms with Crippen LogP contribution in [0.25, 0.3) is 50.2 Å². The zero-order valence-electron chi connectivity index (χ0n) is 20.8. The van der Waals surface area contributed by atoms with Crippen molar-refractivity contribution in [1.29, 1.82) is 0 Å². The lowest BCUT2D eigenvalue weighted by atomic mass is 9.92. The molecule has 35 heavy (non-hydrogen) atoms. The van der Waals surface area contributed by atoms with Crippen molar-refractivity contribution in [3.05, 3.63) is 89.6 Å². The maximum absolute atomic E-state index is 6.40. The number of imidazole rings is 1. The molecule has 0 unspecified atom stereocenters. The molecule has 0 spiro atoms. The molecular formula is C31H29N3O. The number of pyridine rings is 1. The van der Waals surface area contributed by atoms with E-state index in [9.17, 15) is 0 Å². The monoisotopic (exact) mass is 459 g/mol. The lowest BCUT2D eigenvalue weighted by Gasteiger charge is -2.23. The van der Waals surface area contributed by atoms with Gasteiger partial charge in [-0.2, -0.15) is 0 Å². The Balaban J connectivity index is 1.80. The summed E-state index contributed by atoms with van der Waals surface area (Å²) in [6.07, 6.45) is 1.78. The number of aromatic nitrogens is 3. The fraction of sp³-hybridized carbons (Fsp3) is 0.226. The van der Waals surface area contributed by atoms with Crippen molar-refractivity contribution in [2.45, 2.75) is 46.5 Å². The Morgan fingerprint density at radius 3 is 2.26 bits per heavy atom. The molecule has 0 aliphatic rings. The van der Waals surface area contributed by atoms with Gasteiger partial charge in [0.2, 0.25) is 5.71 Å². The third kappa shape index (κ3) is 3.28. The quantitative estimate of drug-likeness (QED) is 0.265. The predicted molar refractivity (Wildman–Crippen MR) is 144 cm³/mol. The summed E-state index contributed by atoms with van der Waals surface area (Å²) in [5.41, 5.74) is 9.57. The molecule has 3 aromatic heterocycles. The van der Waals surface area contributed by atoms with Crippen LogP contribution in [0.15, 0.2) is 77.3 Å². The summed E-state index contributed by atoms with van der Waals surface area (Å²) in [5, 5.41) is 2.09. The van der Waals surface area contributed by atoms with E-state index in [-0.39, 0.29) is 0 Å². The van der Waals surface area contributed by atoms with E-state index in [1.165, 1.54) is 16.8 Å². The minimum absolute atomic E-state index is 0.366. The van der Waals surface area contributed by atoms with E-state index in [2.05, 4.69) is 105 Å². The molecule has 0 aliphatic carbocycles. The fourth-order valence-corrected chi connectivity index (χ4v) is 5.24. The van der Waals surface area contributed by atoms with Crippen LogP contribution in [0.5, 0.6) is 0 Å². The third-order valence-electron chi connectivity index (χ3n) is 6.98. The normalized spacial score (nSPS) is 12.1. The maximum Gasteiger partial charge on any atom is 0.227 e. The average molecular weight is 460 g/mol. The standard InChI is InChI=1S/C31H29N3O/c1-18(2)21-10-8-11-22(19(3)4)28(21)34-26-14-7-6-13-25(26)33-30(34)27-20(5)15-16-23-24-12-9-17-32-31(24)35-29(23)27/h6-19H,1-5H3. The predicted octanol–water partition coefficient (Wildman–Crippen LogP) is 8.54. The Labute approximate surface area is 205 Å².